The summed E-state index contributed by atoms with van der Waals surface area (Å²) in [6.07, 6.45) is 0. The summed E-state index contributed by atoms with van der Waals surface area (Å²) in [5, 5.41) is 11.2. The number of aliphatic carboxylic acids is 1. The molecule has 7 heteroatoms. The van der Waals surface area contributed by atoms with Gasteiger partial charge in [-0.2, -0.15) is 0 Å². The molecule has 1 heterocycles. The van der Waals surface area contributed by atoms with E-state index < -0.39 is 12.0 Å². The molecule has 2 rings (SSSR count). The van der Waals surface area contributed by atoms with Crippen LogP contribution in [0.4, 0.5) is 10.1 Å². The van der Waals surface area contributed by atoms with Gasteiger partial charge in [0.2, 0.25) is 5.91 Å². The van der Waals surface area contributed by atoms with Crippen LogP contribution in [0.1, 0.15) is 6.92 Å². The van der Waals surface area contributed by atoms with E-state index in [4.69, 9.17) is 5.11 Å². The molecular weight excluding hydrogens is 289 g/mol. The number of benzene rings is 1. The Labute approximate surface area is 128 Å². The summed E-state index contributed by atoms with van der Waals surface area (Å²) in [6.45, 7) is 4.51. The molecule has 0 spiro atoms. The number of anilines is 1. The van der Waals surface area contributed by atoms with E-state index in [1.807, 2.05) is 4.90 Å². The molecule has 2 N–H and O–H groups in total. The molecule has 1 aromatic carbocycles. The third-order valence-electron chi connectivity index (χ3n) is 3.68. The van der Waals surface area contributed by atoms with Gasteiger partial charge >= 0.3 is 5.97 Å². The van der Waals surface area contributed by atoms with Gasteiger partial charge in [-0.1, -0.05) is 0 Å². The molecule has 0 radical (unpaired) electrons. The fraction of sp³-hybridized carbons (Fsp3) is 0.467. The minimum Gasteiger partial charge on any atom is -0.480 e. The van der Waals surface area contributed by atoms with Gasteiger partial charge in [0.05, 0.1) is 6.54 Å². The summed E-state index contributed by atoms with van der Waals surface area (Å²) in [5.74, 6) is -1.59. The van der Waals surface area contributed by atoms with Crippen molar-refractivity contribution >= 4 is 17.6 Å². The summed E-state index contributed by atoms with van der Waals surface area (Å²) in [5.41, 5.74) is 0.963. The molecule has 1 aliphatic heterocycles. The summed E-state index contributed by atoms with van der Waals surface area (Å²) < 4.78 is 12.9. The number of piperazine rings is 1. The van der Waals surface area contributed by atoms with Crippen LogP contribution in [0.5, 0.6) is 0 Å². The van der Waals surface area contributed by atoms with Crippen molar-refractivity contribution in [1.29, 1.82) is 0 Å². The van der Waals surface area contributed by atoms with Gasteiger partial charge in [-0.3, -0.25) is 14.5 Å². The fourth-order valence-corrected chi connectivity index (χ4v) is 2.37. The number of nitrogens with zero attached hydrogens (tertiary/aromatic N) is 2. The SMILES string of the molecule is CC(NC(=O)CN1CCN(c2ccc(F)cc2)CC1)C(=O)O. The van der Waals surface area contributed by atoms with Crippen molar-refractivity contribution in [1.82, 2.24) is 10.2 Å². The number of hydrogen-bond donors (Lipinski definition) is 2. The first-order chi connectivity index (χ1) is 10.5. The van der Waals surface area contributed by atoms with Crippen LogP contribution in [-0.4, -0.2) is 60.6 Å². The van der Waals surface area contributed by atoms with Crippen molar-refractivity contribution in [3.05, 3.63) is 30.1 Å². The summed E-state index contributed by atoms with van der Waals surface area (Å²) >= 11 is 0. The zero-order valence-electron chi connectivity index (χ0n) is 12.5. The third kappa shape index (κ3) is 4.42. The van der Waals surface area contributed by atoms with Crippen molar-refractivity contribution < 1.29 is 19.1 Å². The van der Waals surface area contributed by atoms with Gasteiger partial charge in [0.15, 0.2) is 0 Å². The number of carboxylic acids is 1. The van der Waals surface area contributed by atoms with Crippen LogP contribution in [0, 0.1) is 5.82 Å². The predicted molar refractivity (Wildman–Crippen MR) is 80.3 cm³/mol. The number of carbonyl (C=O) groups is 2. The van der Waals surface area contributed by atoms with Gasteiger partial charge < -0.3 is 15.3 Å². The minimum absolute atomic E-state index is 0.189. The second-order valence-corrected chi connectivity index (χ2v) is 5.37. The lowest BCUT2D eigenvalue weighted by Crippen LogP contribution is -2.51. The van der Waals surface area contributed by atoms with E-state index in [1.165, 1.54) is 19.1 Å². The molecule has 22 heavy (non-hydrogen) atoms. The Morgan fingerprint density at radius 1 is 1.23 bits per heavy atom. The molecule has 0 aromatic heterocycles. The summed E-state index contributed by atoms with van der Waals surface area (Å²) in [6, 6.07) is 5.47. The van der Waals surface area contributed by atoms with E-state index in [9.17, 15) is 14.0 Å². The number of hydrogen-bond acceptors (Lipinski definition) is 4. The van der Waals surface area contributed by atoms with Crippen LogP contribution < -0.4 is 10.2 Å². The zero-order valence-corrected chi connectivity index (χ0v) is 12.5. The Bertz CT molecular complexity index is 527. The lowest BCUT2D eigenvalue weighted by Gasteiger charge is -2.35. The van der Waals surface area contributed by atoms with E-state index >= 15 is 0 Å². The normalized spacial score (nSPS) is 17.1. The van der Waals surface area contributed by atoms with Crippen LogP contribution in [0.25, 0.3) is 0 Å². The first-order valence-electron chi connectivity index (χ1n) is 7.21. The maximum Gasteiger partial charge on any atom is 0.325 e. The second kappa shape index (κ2) is 7.22. The van der Waals surface area contributed by atoms with Gasteiger partial charge in [0.25, 0.3) is 0 Å². The van der Waals surface area contributed by atoms with Crippen molar-refractivity contribution in [3.8, 4) is 0 Å². The Morgan fingerprint density at radius 2 is 1.82 bits per heavy atom. The molecular formula is C15H20FN3O3. The van der Waals surface area contributed by atoms with Crippen LogP contribution >= 0.6 is 0 Å². The zero-order chi connectivity index (χ0) is 16.1. The Morgan fingerprint density at radius 3 is 2.36 bits per heavy atom. The number of amides is 1. The second-order valence-electron chi connectivity index (χ2n) is 5.37. The van der Waals surface area contributed by atoms with Crippen molar-refractivity contribution in [2.24, 2.45) is 0 Å². The Kier molecular flexibility index (Phi) is 5.32. The fourth-order valence-electron chi connectivity index (χ4n) is 2.37. The van der Waals surface area contributed by atoms with Gasteiger partial charge in [-0.15, -0.1) is 0 Å². The predicted octanol–water partition coefficient (Wildman–Crippen LogP) is 0.537. The first-order valence-corrected chi connectivity index (χ1v) is 7.21. The quantitative estimate of drug-likeness (QED) is 0.830. The molecule has 1 saturated heterocycles. The highest BCUT2D eigenvalue weighted by Crippen LogP contribution is 2.16. The number of halogens is 1. The molecule has 0 aliphatic carbocycles. The monoisotopic (exact) mass is 309 g/mol. The molecule has 120 valence electrons. The van der Waals surface area contributed by atoms with Crippen molar-refractivity contribution in [2.75, 3.05) is 37.6 Å². The van der Waals surface area contributed by atoms with Crippen LogP contribution in [-0.2, 0) is 9.59 Å². The third-order valence-corrected chi connectivity index (χ3v) is 3.68. The molecule has 1 aliphatic rings. The lowest BCUT2D eigenvalue weighted by atomic mass is 10.2. The summed E-state index contributed by atoms with van der Waals surface area (Å²) in [7, 11) is 0. The van der Waals surface area contributed by atoms with Gasteiger partial charge in [0, 0.05) is 31.9 Å². The summed E-state index contributed by atoms with van der Waals surface area (Å²) in [4.78, 5) is 26.5. The maximum atomic E-state index is 12.9. The van der Waals surface area contributed by atoms with Gasteiger partial charge in [-0.25, -0.2) is 4.39 Å². The largest absolute Gasteiger partial charge is 0.480 e. The number of rotatable bonds is 5. The van der Waals surface area contributed by atoms with Crippen LogP contribution in [0.2, 0.25) is 0 Å². The smallest absolute Gasteiger partial charge is 0.325 e. The molecule has 1 atom stereocenters. The maximum absolute atomic E-state index is 12.9. The Balaban J connectivity index is 1.78. The number of nitrogens with one attached hydrogen (secondary N) is 1. The highest BCUT2D eigenvalue weighted by molar-refractivity contribution is 5.84. The first kappa shape index (κ1) is 16.2. The molecule has 0 saturated carbocycles. The van der Waals surface area contributed by atoms with Crippen LogP contribution in [0.15, 0.2) is 24.3 Å². The minimum atomic E-state index is -1.05. The standard InChI is InChI=1S/C15H20FN3O3/c1-11(15(21)22)17-14(20)10-18-6-8-19(9-7-18)13-4-2-12(16)3-5-13/h2-5,11H,6-10H2,1H3,(H,17,20)(H,21,22). The van der Waals surface area contributed by atoms with E-state index in [2.05, 4.69) is 10.2 Å². The molecule has 0 bridgehead atoms. The molecule has 1 unspecified atom stereocenters. The Hall–Kier alpha value is -2.15. The molecule has 1 amide bonds. The van der Waals surface area contributed by atoms with E-state index in [0.717, 1.165) is 18.8 Å². The van der Waals surface area contributed by atoms with E-state index in [0.29, 0.717) is 13.1 Å². The highest BCUT2D eigenvalue weighted by atomic mass is 19.1. The highest BCUT2D eigenvalue weighted by Gasteiger charge is 2.21. The lowest BCUT2D eigenvalue weighted by molar-refractivity contribution is -0.141. The molecule has 6 nitrogen and oxygen atoms in total. The van der Waals surface area contributed by atoms with Crippen molar-refractivity contribution in [3.63, 3.8) is 0 Å². The average molecular weight is 309 g/mol. The molecule has 1 fully saturated rings. The molecule has 1 aromatic rings. The topological polar surface area (TPSA) is 72.9 Å². The van der Waals surface area contributed by atoms with E-state index in [1.54, 1.807) is 12.1 Å². The number of carbonyl (C=O) groups excluding carboxylic acids is 1. The average Bonchev–Trinajstić information content (AvgIpc) is 2.48. The van der Waals surface area contributed by atoms with Gasteiger partial charge in [-0.05, 0) is 31.2 Å². The van der Waals surface area contributed by atoms with Crippen molar-refractivity contribution in [2.45, 2.75) is 13.0 Å². The van der Waals surface area contributed by atoms with Crippen LogP contribution in [0.3, 0.4) is 0 Å². The number of carboxylic acid groups (broad SMARTS) is 1. The van der Waals surface area contributed by atoms with Gasteiger partial charge in [0.1, 0.15) is 11.9 Å². The van der Waals surface area contributed by atoms with E-state index in [-0.39, 0.29) is 18.3 Å².